The molecule has 0 saturated carbocycles. The molecule has 0 amide bonds. The number of benzene rings is 10. The lowest BCUT2D eigenvalue weighted by Crippen LogP contribution is -2.29. The van der Waals surface area contributed by atoms with E-state index >= 15 is 0 Å². The Balaban J connectivity index is 0.916. The molecule has 2 aromatic heterocycles. The molecule has 8 heteroatoms. The molecule has 2 heterocycles. The van der Waals surface area contributed by atoms with Crippen molar-refractivity contribution in [1.29, 1.82) is 10.5 Å². The van der Waals surface area contributed by atoms with Crippen LogP contribution in [0.3, 0.4) is 0 Å². The highest BCUT2D eigenvalue weighted by molar-refractivity contribution is 7.32. The minimum Gasteiger partial charge on any atom is -0.289 e. The first-order chi connectivity index (χ1) is 56.0. The number of nitrogens with zero attached hydrogens (tertiary/aromatic N) is 4. The summed E-state index contributed by atoms with van der Waals surface area (Å²) in [4.78, 5) is 39.3. The van der Waals surface area contributed by atoms with Crippen molar-refractivity contribution in [3.63, 3.8) is 0 Å². The molecular weight excluding hydrogens is 1430 g/mol. The zero-order valence-corrected chi connectivity index (χ0v) is 67.3. The lowest BCUT2D eigenvalue weighted by atomic mass is 9.66. The van der Waals surface area contributed by atoms with E-state index in [1.165, 1.54) is 174 Å². The SMILES string of the molecule is [C-]#[N+]\C(C#N)=C1/C(=C/C=C/c2ccc3c(c2)C(c2ccc(CCCCCC)cc2)(c2ccc(CCCCCC)cc2)c2c-3sc3c4c(sc23)-c2ccc(/C=C/C=C3\C(=O)c5cc6ccccc6cc5\C3=C(\C#N)[N+]#[C-])cc2C4(c2ccc(CCCCCC)cc2)c2ccc(CCCCCC)cc2)C(=O)c2cc3ccccc3cc21. The molecular formula is C106H92N4O2S2. The van der Waals surface area contributed by atoms with Crippen molar-refractivity contribution in [3.8, 4) is 33.0 Å². The number of hydrogen-bond acceptors (Lipinski definition) is 6. The molecule has 0 saturated heterocycles. The van der Waals surface area contributed by atoms with Crippen LogP contribution < -0.4 is 0 Å². The van der Waals surface area contributed by atoms with Crippen LogP contribution in [0.1, 0.15) is 240 Å². The van der Waals surface area contributed by atoms with E-state index in [1.54, 1.807) is 12.2 Å². The molecule has 0 radical (unpaired) electrons. The van der Waals surface area contributed by atoms with Gasteiger partial charge in [0.15, 0.2) is 11.6 Å². The van der Waals surface area contributed by atoms with Gasteiger partial charge in [-0.1, -0.05) is 311 Å². The Morgan fingerprint density at radius 3 is 0.974 bits per heavy atom. The first kappa shape index (κ1) is 76.1. The highest BCUT2D eigenvalue weighted by atomic mass is 32.1. The summed E-state index contributed by atoms with van der Waals surface area (Å²) in [7, 11) is 0. The maximum Gasteiger partial charge on any atom is 0.270 e. The third-order valence-corrected chi connectivity index (χ3v) is 26.9. The number of thiophene rings is 2. The Morgan fingerprint density at radius 1 is 0.377 bits per heavy atom. The average Bonchev–Trinajstić information content (AvgIpc) is 1.49. The minimum absolute atomic E-state index is 0.109. The van der Waals surface area contributed by atoms with Crippen LogP contribution in [-0.2, 0) is 36.5 Å². The number of nitriles is 2. The summed E-state index contributed by atoms with van der Waals surface area (Å²) in [6.45, 7) is 25.4. The van der Waals surface area contributed by atoms with Crippen LogP contribution in [-0.4, -0.2) is 11.6 Å². The van der Waals surface area contributed by atoms with Gasteiger partial charge in [-0.15, -0.1) is 22.7 Å². The second-order valence-corrected chi connectivity index (χ2v) is 33.4. The molecule has 0 unspecified atom stereocenters. The Kier molecular flexibility index (Phi) is 22.3. The quantitative estimate of drug-likeness (QED) is 0.0211. The standard InChI is InChI=1S/C106H92N4O2S2/c1-7-11-15-19-29-69-41-51-79(52-42-69)105(80-53-43-70(44-54-80)30-20-16-12-8-2)91-61-73(33-27-39-85-95(93(67-107)109-5)87-63-75-35-23-25-37-77(75)65-89(87)99(85)111)49-59-83(91)101-97(105)103-104(113-101)98-102(114-103)84-60-50-74(34-28-40-86-96(94(68-108)110-6)88-64-76-36-24-26-38-78(76)66-90(88)100(86)112)62-92(84)106(98,81-55-45-71(46-56-81)31-21-17-13-9-3)82-57-47-72(48-58-82)32-22-18-14-10-4/h23-28,33-66H,7-22,29-32H2,1-4H3/b33-27+,34-28+,85-39-,86-40-,95-93-,96-94+. The topological polar surface area (TPSA) is 90.4 Å². The van der Waals surface area contributed by atoms with Crippen LogP contribution in [0.5, 0.6) is 0 Å². The van der Waals surface area contributed by atoms with Crippen LogP contribution in [0.25, 0.3) is 84.8 Å². The zero-order chi connectivity index (χ0) is 78.5. The Labute approximate surface area is 679 Å². The first-order valence-electron chi connectivity index (χ1n) is 41.3. The van der Waals surface area contributed by atoms with Crippen molar-refractivity contribution < 1.29 is 9.59 Å². The van der Waals surface area contributed by atoms with Crippen LogP contribution in [0, 0.1) is 35.8 Å². The summed E-state index contributed by atoms with van der Waals surface area (Å²) >= 11 is 3.87. The fourth-order valence-corrected chi connectivity index (χ4v) is 21.7. The summed E-state index contributed by atoms with van der Waals surface area (Å²) in [6.07, 6.45) is 34.5. The van der Waals surface area contributed by atoms with E-state index in [-0.39, 0.29) is 23.0 Å². The Bertz CT molecular complexity index is 5650. The van der Waals surface area contributed by atoms with Gasteiger partial charge in [0.05, 0.1) is 45.5 Å². The number of fused-ring (bicyclic) bond motifs is 13. The smallest absolute Gasteiger partial charge is 0.270 e. The van der Waals surface area contributed by atoms with Crippen molar-refractivity contribution in [2.24, 2.45) is 0 Å². The normalized spacial score (nSPS) is 15.7. The fraction of sp³-hybridized carbons (Fsp3) is 0.245. The van der Waals surface area contributed by atoms with E-state index in [0.29, 0.717) is 44.5 Å². The van der Waals surface area contributed by atoms with Crippen LogP contribution in [0.2, 0.25) is 0 Å². The monoisotopic (exact) mass is 1520 g/mol. The predicted molar refractivity (Wildman–Crippen MR) is 475 cm³/mol. The summed E-state index contributed by atoms with van der Waals surface area (Å²) in [5.41, 5.74) is 21.1. The second-order valence-electron chi connectivity index (χ2n) is 31.3. The predicted octanol–water partition coefficient (Wildman–Crippen LogP) is 28.5. The van der Waals surface area contributed by atoms with Crippen LogP contribution >= 0.6 is 22.7 Å². The molecule has 0 atom stereocenters. The Morgan fingerprint density at radius 2 is 0.684 bits per heavy atom. The Hall–Kier alpha value is -11.9. The number of hydrogen-bond donors (Lipinski definition) is 0. The summed E-state index contributed by atoms with van der Waals surface area (Å²) < 4.78 is 2.54. The van der Waals surface area contributed by atoms with E-state index in [9.17, 15) is 20.1 Å². The van der Waals surface area contributed by atoms with Gasteiger partial charge in [0.1, 0.15) is 0 Å². The molecule has 6 nitrogen and oxygen atoms in total. The number of carbonyl (C=O) groups excluding carboxylic acids is 2. The molecule has 0 aliphatic heterocycles. The number of ketones is 2. The van der Waals surface area contributed by atoms with Crippen molar-refractivity contribution in [2.75, 3.05) is 0 Å². The third-order valence-electron chi connectivity index (χ3n) is 24.3. The molecule has 0 N–H and O–H groups in total. The maximum absolute atomic E-state index is 14.7. The molecule has 10 aromatic carbocycles. The van der Waals surface area contributed by atoms with Gasteiger partial charge in [-0.2, -0.15) is 0 Å². The summed E-state index contributed by atoms with van der Waals surface area (Å²) in [6, 6.07) is 80.2. The molecule has 0 bridgehead atoms. The minimum atomic E-state index is -0.815. The third kappa shape index (κ3) is 13.7. The molecule has 4 aliphatic rings. The summed E-state index contributed by atoms with van der Waals surface area (Å²) in [5.74, 6) is -0.413. The maximum atomic E-state index is 14.7. The number of carbonyl (C=O) groups is 2. The number of allylic oxidation sites excluding steroid dienone is 10. The molecule has 12 aromatic rings. The fourth-order valence-electron chi connectivity index (χ4n) is 18.5. The number of rotatable bonds is 28. The number of Topliss-reactive ketones (excluding diaryl/α,β-unsaturated/α-hetero) is 2. The van der Waals surface area contributed by atoms with Crippen LogP contribution in [0.4, 0.5) is 0 Å². The van der Waals surface area contributed by atoms with Gasteiger partial charge in [0.2, 0.25) is 0 Å². The highest BCUT2D eigenvalue weighted by Crippen LogP contribution is 2.69. The van der Waals surface area contributed by atoms with Gasteiger partial charge in [-0.3, -0.25) is 9.59 Å². The molecule has 560 valence electrons. The average molecular weight is 1520 g/mol. The molecule has 0 fully saturated rings. The van der Waals surface area contributed by atoms with Crippen molar-refractivity contribution in [2.45, 2.75) is 167 Å². The summed E-state index contributed by atoms with van der Waals surface area (Å²) in [5, 5.41) is 24.6. The highest BCUT2D eigenvalue weighted by Gasteiger charge is 2.54. The van der Waals surface area contributed by atoms with E-state index in [4.69, 9.17) is 13.1 Å². The van der Waals surface area contributed by atoms with Crippen molar-refractivity contribution in [1.82, 2.24) is 0 Å². The largest absolute Gasteiger partial charge is 0.289 e. The van der Waals surface area contributed by atoms with Gasteiger partial charge in [0.25, 0.3) is 11.4 Å². The molecule has 4 aliphatic carbocycles. The van der Waals surface area contributed by atoms with Gasteiger partial charge >= 0.3 is 0 Å². The van der Waals surface area contributed by atoms with Gasteiger partial charge in [-0.05, 0) is 198 Å². The van der Waals surface area contributed by atoms with Crippen molar-refractivity contribution >= 4 is 88.5 Å². The van der Waals surface area contributed by atoms with Gasteiger partial charge in [0, 0.05) is 54.3 Å². The second kappa shape index (κ2) is 33.4. The van der Waals surface area contributed by atoms with Gasteiger partial charge in [-0.25, -0.2) is 20.2 Å². The number of aryl methyl sites for hydroxylation is 4. The van der Waals surface area contributed by atoms with E-state index in [2.05, 4.69) is 195 Å². The van der Waals surface area contributed by atoms with E-state index in [0.717, 1.165) is 84.0 Å². The van der Waals surface area contributed by atoms with E-state index in [1.807, 2.05) is 108 Å². The van der Waals surface area contributed by atoms with E-state index < -0.39 is 10.8 Å². The lowest BCUT2D eigenvalue weighted by molar-refractivity contribution is 0.103. The molecule has 16 rings (SSSR count). The first-order valence-corrected chi connectivity index (χ1v) is 42.9. The van der Waals surface area contributed by atoms with Crippen molar-refractivity contribution in [3.05, 3.63) is 376 Å². The van der Waals surface area contributed by atoms with Crippen LogP contribution in [0.15, 0.2) is 253 Å². The van der Waals surface area contributed by atoms with Gasteiger partial charge < -0.3 is 0 Å². The lowest BCUT2D eigenvalue weighted by Gasteiger charge is -2.35. The number of unbranched alkanes of at least 4 members (excludes halogenated alkanes) is 12. The zero-order valence-electron chi connectivity index (χ0n) is 65.7. The molecule has 114 heavy (non-hydrogen) atoms. The molecule has 0 spiro atoms.